The first-order valence-corrected chi connectivity index (χ1v) is 14.2. The number of aromatic nitrogens is 2. The Bertz CT molecular complexity index is 997. The van der Waals surface area contributed by atoms with Gasteiger partial charge in [-0.1, -0.05) is 13.8 Å². The second kappa shape index (κ2) is 8.43. The minimum Gasteiger partial charge on any atom is -0.390 e. The Morgan fingerprint density at radius 2 is 1.86 bits per heavy atom. The van der Waals surface area contributed by atoms with Crippen molar-refractivity contribution in [2.45, 2.75) is 90.7 Å². The van der Waals surface area contributed by atoms with Crippen molar-refractivity contribution >= 4 is 11.7 Å². The topological polar surface area (TPSA) is 75.4 Å². The average Bonchev–Trinajstić information content (AvgIpc) is 3.33. The highest BCUT2D eigenvalue weighted by Crippen LogP contribution is 2.66. The van der Waals surface area contributed by atoms with E-state index in [2.05, 4.69) is 18.9 Å². The first-order valence-electron chi connectivity index (χ1n) is 14.2. The number of hydrogen-bond acceptors (Lipinski definition) is 4. The summed E-state index contributed by atoms with van der Waals surface area (Å²) in [6.45, 7) is 8.75. The molecule has 0 unspecified atom stereocenters. The number of hydrogen-bond donors (Lipinski definition) is 1. The first kappa shape index (κ1) is 23.7. The van der Waals surface area contributed by atoms with Crippen LogP contribution in [0.4, 0.5) is 0 Å². The van der Waals surface area contributed by atoms with Gasteiger partial charge in [-0.25, -0.2) is 0 Å². The minimum atomic E-state index is -0.471. The van der Waals surface area contributed by atoms with Gasteiger partial charge in [0, 0.05) is 25.2 Å². The lowest BCUT2D eigenvalue weighted by molar-refractivity contribution is -0.133. The van der Waals surface area contributed by atoms with Gasteiger partial charge in [0.25, 0.3) is 5.91 Å². The summed E-state index contributed by atoms with van der Waals surface area (Å²) in [5.74, 6) is 4.55. The van der Waals surface area contributed by atoms with E-state index in [0.29, 0.717) is 29.2 Å². The van der Waals surface area contributed by atoms with Crippen LogP contribution >= 0.6 is 0 Å². The smallest absolute Gasteiger partial charge is 0.274 e. The quantitative estimate of drug-likeness (QED) is 0.684. The van der Waals surface area contributed by atoms with Crippen LogP contribution in [-0.4, -0.2) is 50.2 Å². The molecule has 5 fully saturated rings. The zero-order valence-corrected chi connectivity index (χ0v) is 21.8. The van der Waals surface area contributed by atoms with Crippen LogP contribution in [0.1, 0.15) is 89.0 Å². The molecule has 1 saturated heterocycles. The third-order valence-electron chi connectivity index (χ3n) is 11.3. The second-order valence-corrected chi connectivity index (χ2v) is 13.4. The van der Waals surface area contributed by atoms with Gasteiger partial charge in [-0.05, 0) is 112 Å². The molecule has 6 rings (SSSR count). The zero-order chi connectivity index (χ0) is 24.5. The van der Waals surface area contributed by atoms with Crippen LogP contribution in [0.2, 0.25) is 0 Å². The first-order chi connectivity index (χ1) is 16.7. The SMILES string of the molecule is C[C@@H]1C[C@H](C(=O)Cn2ccc(C(=O)N3CCC3)n2)[C@@]2(C)CC[C@H]3[C@@H](CC[C@@H]4C[C@](C)(O)CC[C@@H]43)[C@H]12. The van der Waals surface area contributed by atoms with Gasteiger partial charge in [0.15, 0.2) is 5.78 Å². The molecule has 1 amide bonds. The third kappa shape index (κ3) is 3.89. The highest BCUT2D eigenvalue weighted by Gasteiger charge is 2.61. The molecule has 0 bridgehead atoms. The standard InChI is InChI=1S/C29H43N3O3/c1-18-15-23(25(33)17-32-14-9-24(30-32)27(34)31-12-4-13-31)29(3)11-8-21-20-7-10-28(2,35)16-19(20)5-6-22(21)26(18)29/h9,14,18-23,26,35H,4-8,10-13,15-17H2,1-3H3/t18-,19-,20+,21-,22-,23-,26+,28-,29-/m1/s1. The molecule has 6 nitrogen and oxygen atoms in total. The molecule has 6 heteroatoms. The molecular formula is C29H43N3O3. The van der Waals surface area contributed by atoms with Crippen LogP contribution in [0.5, 0.6) is 0 Å². The minimum absolute atomic E-state index is 0.0119. The Labute approximate surface area is 209 Å². The van der Waals surface area contributed by atoms with Crippen molar-refractivity contribution in [3.05, 3.63) is 18.0 Å². The van der Waals surface area contributed by atoms with E-state index in [4.69, 9.17) is 0 Å². The maximum Gasteiger partial charge on any atom is 0.274 e. The predicted molar refractivity (Wildman–Crippen MR) is 134 cm³/mol. The molecule has 5 aliphatic rings. The molecule has 0 aromatic carbocycles. The maximum atomic E-state index is 13.7. The van der Waals surface area contributed by atoms with Crippen molar-refractivity contribution in [1.29, 1.82) is 0 Å². The van der Waals surface area contributed by atoms with E-state index in [1.54, 1.807) is 16.9 Å². The third-order valence-corrected chi connectivity index (χ3v) is 11.3. The lowest BCUT2D eigenvalue weighted by Crippen LogP contribution is -2.51. The Kier molecular flexibility index (Phi) is 5.70. The van der Waals surface area contributed by atoms with Gasteiger partial charge >= 0.3 is 0 Å². The molecule has 1 aromatic rings. The molecule has 0 spiro atoms. The van der Waals surface area contributed by atoms with Gasteiger partial charge in [0.2, 0.25) is 0 Å². The van der Waals surface area contributed by atoms with Crippen LogP contribution in [-0.2, 0) is 11.3 Å². The van der Waals surface area contributed by atoms with E-state index in [-0.39, 0.29) is 23.8 Å². The number of carbonyl (C=O) groups is 2. The highest BCUT2D eigenvalue weighted by atomic mass is 16.3. The fourth-order valence-corrected chi connectivity index (χ4v) is 9.64. The second-order valence-electron chi connectivity index (χ2n) is 13.4. The van der Waals surface area contributed by atoms with Gasteiger partial charge in [0.05, 0.1) is 12.1 Å². The van der Waals surface area contributed by atoms with Gasteiger partial charge in [-0.3, -0.25) is 14.3 Å². The summed E-state index contributed by atoms with van der Waals surface area (Å²) in [6.07, 6.45) is 11.9. The normalized spacial score (nSPS) is 44.7. The van der Waals surface area contributed by atoms with Crippen molar-refractivity contribution in [1.82, 2.24) is 14.7 Å². The molecule has 9 atom stereocenters. The van der Waals surface area contributed by atoms with E-state index in [0.717, 1.165) is 62.9 Å². The van der Waals surface area contributed by atoms with Crippen molar-refractivity contribution in [3.8, 4) is 0 Å². The van der Waals surface area contributed by atoms with Gasteiger partial charge in [-0.2, -0.15) is 5.10 Å². The van der Waals surface area contributed by atoms with Crippen molar-refractivity contribution in [2.75, 3.05) is 13.1 Å². The Morgan fingerprint density at radius 3 is 2.60 bits per heavy atom. The summed E-state index contributed by atoms with van der Waals surface area (Å²) >= 11 is 0. The zero-order valence-electron chi connectivity index (χ0n) is 21.8. The van der Waals surface area contributed by atoms with Gasteiger partial charge < -0.3 is 10.0 Å². The van der Waals surface area contributed by atoms with Crippen LogP contribution in [0.25, 0.3) is 0 Å². The number of ketones is 1. The highest BCUT2D eigenvalue weighted by molar-refractivity contribution is 5.92. The summed E-state index contributed by atoms with van der Waals surface area (Å²) < 4.78 is 1.70. The monoisotopic (exact) mass is 481 g/mol. The fourth-order valence-electron chi connectivity index (χ4n) is 9.64. The van der Waals surface area contributed by atoms with E-state index in [9.17, 15) is 14.7 Å². The summed E-state index contributed by atoms with van der Waals surface area (Å²) in [6, 6.07) is 1.76. The van der Waals surface area contributed by atoms with E-state index >= 15 is 0 Å². The summed E-state index contributed by atoms with van der Waals surface area (Å²) in [5, 5.41) is 15.1. The summed E-state index contributed by atoms with van der Waals surface area (Å²) in [4.78, 5) is 28.0. The van der Waals surface area contributed by atoms with E-state index in [1.807, 2.05) is 11.8 Å². The number of likely N-dealkylation sites (tertiary alicyclic amines) is 1. The van der Waals surface area contributed by atoms with E-state index in [1.165, 1.54) is 25.7 Å². The summed E-state index contributed by atoms with van der Waals surface area (Å²) in [5.41, 5.74) is 0.0699. The van der Waals surface area contributed by atoms with Gasteiger partial charge in [-0.15, -0.1) is 0 Å². The van der Waals surface area contributed by atoms with Crippen LogP contribution in [0.15, 0.2) is 12.3 Å². The number of amides is 1. The molecule has 1 N–H and O–H groups in total. The average molecular weight is 482 g/mol. The lowest BCUT2D eigenvalue weighted by Gasteiger charge is -2.57. The molecule has 4 saturated carbocycles. The van der Waals surface area contributed by atoms with Crippen LogP contribution < -0.4 is 0 Å². The number of nitrogens with zero attached hydrogens (tertiary/aromatic N) is 3. The molecule has 1 aliphatic heterocycles. The van der Waals surface area contributed by atoms with Crippen molar-refractivity contribution in [3.63, 3.8) is 0 Å². The molecule has 2 heterocycles. The largest absolute Gasteiger partial charge is 0.390 e. The number of Topliss-reactive ketones (excluding diaryl/α,β-unsaturated/α-hetero) is 1. The fraction of sp³-hybridized carbons (Fsp3) is 0.828. The molecule has 192 valence electrons. The Morgan fingerprint density at radius 1 is 1.09 bits per heavy atom. The molecule has 35 heavy (non-hydrogen) atoms. The van der Waals surface area contributed by atoms with Crippen molar-refractivity contribution in [2.24, 2.45) is 46.8 Å². The molecule has 1 aromatic heterocycles. The number of rotatable bonds is 4. The van der Waals surface area contributed by atoms with Gasteiger partial charge in [0.1, 0.15) is 5.69 Å². The molecule has 4 aliphatic carbocycles. The lowest BCUT2D eigenvalue weighted by atomic mass is 9.48. The van der Waals surface area contributed by atoms with Crippen LogP contribution in [0, 0.1) is 46.8 Å². The Hall–Kier alpha value is -1.69. The number of carbonyl (C=O) groups excluding carboxylic acids is 2. The number of fused-ring (bicyclic) bond motifs is 5. The van der Waals surface area contributed by atoms with Crippen LogP contribution in [0.3, 0.4) is 0 Å². The predicted octanol–water partition coefficient (Wildman–Crippen LogP) is 4.56. The maximum absolute atomic E-state index is 13.7. The molecule has 0 radical (unpaired) electrons. The number of aliphatic hydroxyl groups is 1. The van der Waals surface area contributed by atoms with E-state index < -0.39 is 5.60 Å². The Balaban J connectivity index is 1.16. The molecular weight excluding hydrogens is 438 g/mol. The van der Waals surface area contributed by atoms with Crippen molar-refractivity contribution < 1.29 is 14.7 Å². The summed E-state index contributed by atoms with van der Waals surface area (Å²) in [7, 11) is 0.